The number of hydrogen-bond donors (Lipinski definition) is 1. The Hall–Kier alpha value is -1.99. The van der Waals surface area contributed by atoms with E-state index in [0.717, 1.165) is 23.3 Å². The molecule has 0 fully saturated rings. The number of thioether (sulfide) groups is 1. The van der Waals surface area contributed by atoms with Crippen LogP contribution in [0.25, 0.3) is 0 Å². The van der Waals surface area contributed by atoms with Crippen molar-refractivity contribution in [1.82, 2.24) is 5.32 Å². The monoisotopic (exact) mass is 434 g/mol. The molecule has 0 aliphatic heterocycles. The van der Waals surface area contributed by atoms with Gasteiger partial charge in [-0.2, -0.15) is 11.8 Å². The van der Waals surface area contributed by atoms with E-state index in [1.165, 1.54) is 15.4 Å². The van der Waals surface area contributed by atoms with E-state index >= 15 is 0 Å². The number of aryl methyl sites for hydroxylation is 2. The second-order valence-corrected chi connectivity index (χ2v) is 10.1. The van der Waals surface area contributed by atoms with E-state index in [1.54, 1.807) is 30.0 Å². The zero-order valence-corrected chi connectivity index (χ0v) is 19.1. The van der Waals surface area contributed by atoms with Crippen LogP contribution in [-0.2, 0) is 20.6 Å². The molecule has 0 heterocycles. The van der Waals surface area contributed by atoms with Gasteiger partial charge in [-0.05, 0) is 43.5 Å². The van der Waals surface area contributed by atoms with Crippen molar-refractivity contribution in [2.24, 2.45) is 0 Å². The van der Waals surface area contributed by atoms with E-state index in [-0.39, 0.29) is 5.91 Å². The van der Waals surface area contributed by atoms with E-state index in [2.05, 4.69) is 30.4 Å². The summed E-state index contributed by atoms with van der Waals surface area (Å²) in [5.74, 6) is 1.38. The van der Waals surface area contributed by atoms with E-state index in [0.29, 0.717) is 18.7 Å². The van der Waals surface area contributed by atoms with Gasteiger partial charge in [-0.15, -0.1) is 0 Å². The topological polar surface area (TPSA) is 66.5 Å². The summed E-state index contributed by atoms with van der Waals surface area (Å²) >= 11 is 1.74. The number of anilines is 1. The third-order valence-electron chi connectivity index (χ3n) is 4.48. The molecule has 0 unspecified atom stereocenters. The Morgan fingerprint density at radius 3 is 2.34 bits per heavy atom. The standard InChI is InChI=1S/C22H30N2O3S2/c1-5-21(24(29(4,26)27)20-11-7-9-18(3)15-20)22(25)23-12-13-28-16-19-10-6-8-17(2)14-19/h6-11,14-15,21H,5,12-13,16H2,1-4H3,(H,23,25)/t21-/m0/s1. The molecule has 7 heteroatoms. The maximum absolute atomic E-state index is 12.8. The maximum atomic E-state index is 12.8. The predicted octanol–water partition coefficient (Wildman–Crippen LogP) is 3.90. The highest BCUT2D eigenvalue weighted by atomic mass is 32.2. The van der Waals surface area contributed by atoms with Crippen molar-refractivity contribution >= 4 is 33.4 Å². The van der Waals surface area contributed by atoms with Crippen molar-refractivity contribution in [1.29, 1.82) is 0 Å². The van der Waals surface area contributed by atoms with Crippen molar-refractivity contribution in [3.05, 3.63) is 65.2 Å². The molecule has 0 aliphatic carbocycles. The van der Waals surface area contributed by atoms with E-state index in [9.17, 15) is 13.2 Å². The molecule has 29 heavy (non-hydrogen) atoms. The number of nitrogens with one attached hydrogen (secondary N) is 1. The third kappa shape index (κ3) is 7.08. The molecule has 1 N–H and O–H groups in total. The van der Waals surface area contributed by atoms with Gasteiger partial charge in [-0.3, -0.25) is 9.10 Å². The first-order valence-electron chi connectivity index (χ1n) is 9.69. The fraction of sp³-hybridized carbons (Fsp3) is 0.409. The summed E-state index contributed by atoms with van der Waals surface area (Å²) in [6.45, 7) is 6.29. The smallest absolute Gasteiger partial charge is 0.243 e. The molecule has 2 rings (SSSR count). The number of hydrogen-bond acceptors (Lipinski definition) is 4. The lowest BCUT2D eigenvalue weighted by Crippen LogP contribution is -2.49. The van der Waals surface area contributed by atoms with Crippen LogP contribution in [0.3, 0.4) is 0 Å². The van der Waals surface area contributed by atoms with Crippen LogP contribution in [-0.4, -0.2) is 38.9 Å². The van der Waals surface area contributed by atoms with Gasteiger partial charge in [-0.1, -0.05) is 48.9 Å². The van der Waals surface area contributed by atoms with Crippen LogP contribution >= 0.6 is 11.8 Å². The zero-order chi connectivity index (χ0) is 21.4. The largest absolute Gasteiger partial charge is 0.353 e. The molecule has 2 aromatic carbocycles. The normalized spacial score (nSPS) is 12.4. The number of rotatable bonds is 10. The summed E-state index contributed by atoms with van der Waals surface area (Å²) in [6.07, 6.45) is 1.53. The first-order valence-corrected chi connectivity index (χ1v) is 12.7. The second-order valence-electron chi connectivity index (χ2n) is 7.15. The van der Waals surface area contributed by atoms with Crippen LogP contribution in [0.15, 0.2) is 48.5 Å². The van der Waals surface area contributed by atoms with E-state index in [4.69, 9.17) is 0 Å². The Bertz CT molecular complexity index is 929. The molecule has 0 saturated carbocycles. The number of sulfonamides is 1. The highest BCUT2D eigenvalue weighted by molar-refractivity contribution is 7.98. The van der Waals surface area contributed by atoms with Crippen LogP contribution in [0.2, 0.25) is 0 Å². The fourth-order valence-electron chi connectivity index (χ4n) is 3.18. The number of carbonyl (C=O) groups is 1. The van der Waals surface area contributed by atoms with Crippen LogP contribution in [0, 0.1) is 13.8 Å². The molecule has 5 nitrogen and oxygen atoms in total. The summed E-state index contributed by atoms with van der Waals surface area (Å²) < 4.78 is 26.1. The summed E-state index contributed by atoms with van der Waals surface area (Å²) in [5.41, 5.74) is 3.96. The zero-order valence-electron chi connectivity index (χ0n) is 17.5. The molecule has 0 radical (unpaired) electrons. The Labute approximate surface area is 178 Å². The number of nitrogens with zero attached hydrogens (tertiary/aromatic N) is 1. The summed E-state index contributed by atoms with van der Waals surface area (Å²) in [7, 11) is -3.60. The summed E-state index contributed by atoms with van der Waals surface area (Å²) in [5, 5.41) is 2.90. The summed E-state index contributed by atoms with van der Waals surface area (Å²) in [4.78, 5) is 12.8. The first kappa shape index (κ1) is 23.3. The van der Waals surface area contributed by atoms with Crippen LogP contribution < -0.4 is 9.62 Å². The van der Waals surface area contributed by atoms with Crippen molar-refractivity contribution in [2.75, 3.05) is 22.9 Å². The Balaban J connectivity index is 1.97. The molecular weight excluding hydrogens is 404 g/mol. The SMILES string of the molecule is CC[C@@H](C(=O)NCCSCc1cccc(C)c1)N(c1cccc(C)c1)S(C)(=O)=O. The molecule has 0 bridgehead atoms. The lowest BCUT2D eigenvalue weighted by molar-refractivity contribution is -0.122. The van der Waals surface area contributed by atoms with Gasteiger partial charge in [0.15, 0.2) is 0 Å². The minimum atomic E-state index is -3.60. The molecule has 158 valence electrons. The van der Waals surface area contributed by atoms with Gasteiger partial charge < -0.3 is 5.32 Å². The summed E-state index contributed by atoms with van der Waals surface area (Å²) in [6, 6.07) is 14.8. The minimum absolute atomic E-state index is 0.268. The van der Waals surface area contributed by atoms with Crippen molar-refractivity contribution in [3.63, 3.8) is 0 Å². The second kappa shape index (κ2) is 10.7. The quantitative estimate of drug-likeness (QED) is 0.576. The molecule has 1 amide bonds. The number of carbonyl (C=O) groups excluding carboxylic acids is 1. The third-order valence-corrected chi connectivity index (χ3v) is 6.69. The molecule has 1 atom stereocenters. The Morgan fingerprint density at radius 2 is 1.76 bits per heavy atom. The van der Waals surface area contributed by atoms with Gasteiger partial charge >= 0.3 is 0 Å². The van der Waals surface area contributed by atoms with Gasteiger partial charge in [0.25, 0.3) is 0 Å². The van der Waals surface area contributed by atoms with E-state index in [1.807, 2.05) is 26.0 Å². The Morgan fingerprint density at radius 1 is 1.10 bits per heavy atom. The molecule has 0 saturated heterocycles. The molecule has 2 aromatic rings. The number of benzene rings is 2. The predicted molar refractivity (Wildman–Crippen MR) is 123 cm³/mol. The van der Waals surface area contributed by atoms with Crippen LogP contribution in [0.5, 0.6) is 0 Å². The van der Waals surface area contributed by atoms with E-state index < -0.39 is 16.1 Å². The Kier molecular flexibility index (Phi) is 8.59. The lowest BCUT2D eigenvalue weighted by atomic mass is 10.1. The molecule has 0 aliphatic rings. The van der Waals surface area contributed by atoms with Crippen molar-refractivity contribution < 1.29 is 13.2 Å². The van der Waals surface area contributed by atoms with Gasteiger partial charge in [0.05, 0.1) is 11.9 Å². The fourth-order valence-corrected chi connectivity index (χ4v) is 5.19. The number of amides is 1. The highest BCUT2D eigenvalue weighted by Crippen LogP contribution is 2.23. The first-order chi connectivity index (χ1) is 13.7. The minimum Gasteiger partial charge on any atom is -0.353 e. The van der Waals surface area contributed by atoms with Gasteiger partial charge in [0.2, 0.25) is 15.9 Å². The van der Waals surface area contributed by atoms with Crippen molar-refractivity contribution in [2.45, 2.75) is 39.0 Å². The highest BCUT2D eigenvalue weighted by Gasteiger charge is 2.31. The van der Waals surface area contributed by atoms with Crippen molar-refractivity contribution in [3.8, 4) is 0 Å². The maximum Gasteiger partial charge on any atom is 0.243 e. The lowest BCUT2D eigenvalue weighted by Gasteiger charge is -2.30. The van der Waals surface area contributed by atoms with Gasteiger partial charge in [-0.25, -0.2) is 8.42 Å². The average molecular weight is 435 g/mol. The van der Waals surface area contributed by atoms with Gasteiger partial charge in [0.1, 0.15) is 6.04 Å². The van der Waals surface area contributed by atoms with Crippen LogP contribution in [0.4, 0.5) is 5.69 Å². The van der Waals surface area contributed by atoms with Crippen LogP contribution in [0.1, 0.15) is 30.0 Å². The molecule has 0 spiro atoms. The van der Waals surface area contributed by atoms with Gasteiger partial charge in [0, 0.05) is 18.1 Å². The molecular formula is C22H30N2O3S2. The average Bonchev–Trinajstić information content (AvgIpc) is 2.64. The molecule has 0 aromatic heterocycles.